The van der Waals surface area contributed by atoms with Gasteiger partial charge in [0.2, 0.25) is 0 Å². The summed E-state index contributed by atoms with van der Waals surface area (Å²) in [5.41, 5.74) is 1.23. The van der Waals surface area contributed by atoms with Crippen LogP contribution in [0.2, 0.25) is 0 Å². The summed E-state index contributed by atoms with van der Waals surface area (Å²) in [6.07, 6.45) is 0.825. The number of hydrazine groups is 1. The normalized spacial score (nSPS) is 15.8. The third kappa shape index (κ3) is 1.51. The largest absolute Gasteiger partial charge is 0.287 e. The Morgan fingerprint density at radius 3 is 2.55 bits per heavy atom. The molecule has 0 aromatic heterocycles. The van der Waals surface area contributed by atoms with Crippen LogP contribution in [-0.2, 0) is 9.59 Å². The van der Waals surface area contributed by atoms with Crippen LogP contribution in [0, 0.1) is 10.1 Å². The van der Waals surface area contributed by atoms with E-state index in [0.29, 0.717) is 0 Å². The van der Waals surface area contributed by atoms with E-state index in [1.807, 2.05) is 5.32 Å². The lowest BCUT2D eigenvalue weighted by atomic mass is 10.4. The van der Waals surface area contributed by atoms with Gasteiger partial charge in [-0.3, -0.25) is 14.9 Å². The average Bonchev–Trinajstić information content (AvgIpc) is 2.09. The predicted molar refractivity (Wildman–Crippen MR) is 31.4 cm³/mol. The number of nitrogens with zero attached hydrogens (tertiary/aromatic N) is 1. The highest BCUT2D eigenvalue weighted by atomic mass is 16.7. The molecule has 7 heteroatoms. The van der Waals surface area contributed by atoms with E-state index in [1.165, 1.54) is 0 Å². The number of nitro groups is 1. The molecule has 0 aromatic rings. The average molecular weight is 157 g/mol. The van der Waals surface area contributed by atoms with Gasteiger partial charge in [0.15, 0.2) is 10.7 Å². The highest BCUT2D eigenvalue weighted by Gasteiger charge is 2.23. The van der Waals surface area contributed by atoms with Crippen LogP contribution in [-0.4, -0.2) is 16.8 Å². The fourth-order valence-electron chi connectivity index (χ4n) is 0.593. The Bertz CT molecular complexity index is 269. The van der Waals surface area contributed by atoms with Crippen molar-refractivity contribution in [1.29, 1.82) is 0 Å². The van der Waals surface area contributed by atoms with Gasteiger partial charge < -0.3 is 0 Å². The molecule has 0 saturated heterocycles. The first-order chi connectivity index (χ1) is 5.09. The number of hydrogen-bond donors (Lipinski definition) is 2. The van der Waals surface area contributed by atoms with E-state index in [-0.39, 0.29) is 5.70 Å². The van der Waals surface area contributed by atoms with E-state index >= 15 is 0 Å². The fourth-order valence-corrected chi connectivity index (χ4v) is 0.593. The summed E-state index contributed by atoms with van der Waals surface area (Å²) in [7, 11) is 0. The lowest BCUT2D eigenvalue weighted by Gasteiger charge is -1.92. The first-order valence-electron chi connectivity index (χ1n) is 2.57. The minimum Gasteiger partial charge on any atom is -0.287 e. The standard InChI is InChI=1S/C4H3N3O4/c8-3-1-2(4(9)5-3)6-7(10)11/h1H,(H2,5,6,8,9). The van der Waals surface area contributed by atoms with E-state index in [1.54, 1.807) is 5.43 Å². The molecular formula is C4H3N3O4. The number of rotatable bonds is 2. The molecule has 0 spiro atoms. The lowest BCUT2D eigenvalue weighted by Crippen LogP contribution is -2.29. The Labute approximate surface area is 60.2 Å². The number of imide groups is 1. The van der Waals surface area contributed by atoms with Gasteiger partial charge in [0.05, 0.1) is 0 Å². The molecular weight excluding hydrogens is 154 g/mol. The second-order valence-electron chi connectivity index (χ2n) is 1.75. The van der Waals surface area contributed by atoms with Crippen LogP contribution in [0.5, 0.6) is 0 Å². The second kappa shape index (κ2) is 2.37. The molecule has 58 valence electrons. The van der Waals surface area contributed by atoms with Crippen LogP contribution in [0.3, 0.4) is 0 Å². The van der Waals surface area contributed by atoms with Crippen molar-refractivity contribution >= 4 is 11.8 Å². The van der Waals surface area contributed by atoms with Gasteiger partial charge in [-0.15, -0.1) is 5.43 Å². The van der Waals surface area contributed by atoms with Gasteiger partial charge >= 0.3 is 0 Å². The topological polar surface area (TPSA) is 101 Å². The highest BCUT2D eigenvalue weighted by molar-refractivity contribution is 6.15. The van der Waals surface area contributed by atoms with Crippen molar-refractivity contribution in [2.24, 2.45) is 0 Å². The molecule has 1 rings (SSSR count). The molecule has 0 aliphatic carbocycles. The van der Waals surface area contributed by atoms with Crippen LogP contribution in [0.4, 0.5) is 0 Å². The van der Waals surface area contributed by atoms with Crippen molar-refractivity contribution in [3.05, 3.63) is 21.9 Å². The smallest absolute Gasteiger partial charge is 0.280 e. The number of amides is 2. The molecule has 0 atom stereocenters. The number of nitrogens with one attached hydrogen (secondary N) is 2. The first kappa shape index (κ1) is 7.19. The molecule has 2 amide bonds. The minimum absolute atomic E-state index is 0.347. The molecule has 1 aliphatic rings. The quantitative estimate of drug-likeness (QED) is 0.283. The van der Waals surface area contributed by atoms with Crippen molar-refractivity contribution in [1.82, 2.24) is 10.7 Å². The van der Waals surface area contributed by atoms with Crippen LogP contribution < -0.4 is 10.7 Å². The maximum absolute atomic E-state index is 10.6. The Morgan fingerprint density at radius 1 is 1.55 bits per heavy atom. The number of hydrogen-bond acceptors (Lipinski definition) is 4. The summed E-state index contributed by atoms with van der Waals surface area (Å²) in [6.45, 7) is 0. The van der Waals surface area contributed by atoms with E-state index in [2.05, 4.69) is 0 Å². The zero-order valence-electron chi connectivity index (χ0n) is 5.16. The minimum atomic E-state index is -0.913. The van der Waals surface area contributed by atoms with Gasteiger partial charge in [-0.05, 0) is 0 Å². The number of carbonyl (C=O) groups excluding carboxylic acids is 2. The highest BCUT2D eigenvalue weighted by Crippen LogP contribution is 1.96. The molecule has 11 heavy (non-hydrogen) atoms. The molecule has 0 unspecified atom stereocenters. The Morgan fingerprint density at radius 2 is 2.18 bits per heavy atom. The van der Waals surface area contributed by atoms with E-state index in [0.717, 1.165) is 6.08 Å². The fraction of sp³-hybridized carbons (Fsp3) is 0. The van der Waals surface area contributed by atoms with Gasteiger partial charge in [-0.2, -0.15) is 0 Å². The first-order valence-corrected chi connectivity index (χ1v) is 2.57. The summed E-state index contributed by atoms with van der Waals surface area (Å²) in [4.78, 5) is 30.7. The molecule has 2 N–H and O–H groups in total. The van der Waals surface area contributed by atoms with Gasteiger partial charge in [0.1, 0.15) is 0 Å². The van der Waals surface area contributed by atoms with Crippen LogP contribution in [0.1, 0.15) is 0 Å². The van der Waals surface area contributed by atoms with Gasteiger partial charge in [0.25, 0.3) is 11.8 Å². The molecule has 7 nitrogen and oxygen atoms in total. The maximum Gasteiger partial charge on any atom is 0.280 e. The van der Waals surface area contributed by atoms with E-state index in [4.69, 9.17) is 0 Å². The Hall–Kier alpha value is -1.92. The third-order valence-electron chi connectivity index (χ3n) is 0.969. The molecule has 0 fully saturated rings. The van der Waals surface area contributed by atoms with Crippen LogP contribution in [0.15, 0.2) is 11.8 Å². The molecule has 1 aliphatic heterocycles. The molecule has 1 heterocycles. The van der Waals surface area contributed by atoms with Crippen molar-refractivity contribution in [2.45, 2.75) is 0 Å². The molecule has 0 bridgehead atoms. The summed E-state index contributed by atoms with van der Waals surface area (Å²) >= 11 is 0. The Balaban J connectivity index is 2.72. The van der Waals surface area contributed by atoms with Crippen molar-refractivity contribution in [3.8, 4) is 0 Å². The third-order valence-corrected chi connectivity index (χ3v) is 0.969. The predicted octanol–water partition coefficient (Wildman–Crippen LogP) is -1.69. The molecule has 0 radical (unpaired) electrons. The van der Waals surface area contributed by atoms with Crippen LogP contribution >= 0.6 is 0 Å². The summed E-state index contributed by atoms with van der Waals surface area (Å²) in [6, 6.07) is 0. The SMILES string of the molecule is O=C1C=C(N[N+](=O)[O-])C(=O)N1. The maximum atomic E-state index is 10.6. The monoisotopic (exact) mass is 157 g/mol. The van der Waals surface area contributed by atoms with E-state index in [9.17, 15) is 19.7 Å². The van der Waals surface area contributed by atoms with Gasteiger partial charge in [-0.1, -0.05) is 0 Å². The van der Waals surface area contributed by atoms with Gasteiger partial charge in [-0.25, -0.2) is 10.1 Å². The molecule has 0 saturated carbocycles. The lowest BCUT2D eigenvalue weighted by molar-refractivity contribution is -0.534. The van der Waals surface area contributed by atoms with Crippen molar-refractivity contribution < 1.29 is 14.6 Å². The molecule has 0 aromatic carbocycles. The van der Waals surface area contributed by atoms with Crippen molar-refractivity contribution in [2.75, 3.05) is 0 Å². The summed E-state index contributed by atoms with van der Waals surface area (Å²) < 4.78 is 0. The van der Waals surface area contributed by atoms with Crippen LogP contribution in [0.25, 0.3) is 0 Å². The van der Waals surface area contributed by atoms with Gasteiger partial charge in [0, 0.05) is 6.08 Å². The Kier molecular flexibility index (Phi) is 1.55. The summed E-state index contributed by atoms with van der Waals surface area (Å²) in [5, 5.41) is 10.7. The second-order valence-corrected chi connectivity index (χ2v) is 1.75. The zero-order valence-corrected chi connectivity index (χ0v) is 5.16. The number of carbonyl (C=O) groups is 2. The van der Waals surface area contributed by atoms with E-state index < -0.39 is 16.8 Å². The zero-order chi connectivity index (χ0) is 8.43. The summed E-state index contributed by atoms with van der Waals surface area (Å²) in [5.74, 6) is -1.44. The van der Waals surface area contributed by atoms with Crippen molar-refractivity contribution in [3.63, 3.8) is 0 Å².